The summed E-state index contributed by atoms with van der Waals surface area (Å²) in [5.41, 5.74) is 0. The van der Waals surface area contributed by atoms with Crippen molar-refractivity contribution in [1.29, 1.82) is 0 Å². The van der Waals surface area contributed by atoms with Crippen LogP contribution in [0, 0.1) is 12.8 Å². The van der Waals surface area contributed by atoms with E-state index in [2.05, 4.69) is 15.5 Å². The fourth-order valence-electron chi connectivity index (χ4n) is 1.21. The fraction of sp³-hybridized carbons (Fsp3) is 0.750. The van der Waals surface area contributed by atoms with Gasteiger partial charge in [0.15, 0.2) is 5.82 Å². The lowest BCUT2D eigenvalue weighted by Gasteiger charge is -2.07. The number of aliphatic hydroxyl groups is 1. The maximum atomic E-state index is 9.50. The number of aryl methyl sites for hydroxylation is 1. The summed E-state index contributed by atoms with van der Waals surface area (Å²) in [6, 6.07) is 0.386. The average molecular weight is 183 g/mol. The molecule has 1 aromatic rings. The molecule has 0 aliphatic heterocycles. The van der Waals surface area contributed by atoms with Crippen LogP contribution in [0.5, 0.6) is 0 Å². The van der Waals surface area contributed by atoms with Gasteiger partial charge >= 0.3 is 6.01 Å². The molecule has 2 rings (SSSR count). The number of rotatable bonds is 4. The molecule has 5 heteroatoms. The van der Waals surface area contributed by atoms with Crippen LogP contribution in [-0.4, -0.2) is 27.9 Å². The van der Waals surface area contributed by atoms with Gasteiger partial charge in [-0.2, -0.15) is 4.98 Å². The highest BCUT2D eigenvalue weighted by atomic mass is 16.5. The summed E-state index contributed by atoms with van der Waals surface area (Å²) in [6.07, 6.45) is 1.98. The van der Waals surface area contributed by atoms with Gasteiger partial charge in [0.25, 0.3) is 0 Å². The molecule has 1 fully saturated rings. The molecule has 1 aromatic heterocycles. The van der Waals surface area contributed by atoms with E-state index in [4.69, 9.17) is 4.52 Å². The Morgan fingerprint density at radius 3 is 3.00 bits per heavy atom. The van der Waals surface area contributed by atoms with E-state index in [0.29, 0.717) is 24.3 Å². The van der Waals surface area contributed by atoms with Crippen LogP contribution in [0.2, 0.25) is 0 Å². The molecular formula is C8H13N3O2. The van der Waals surface area contributed by atoms with E-state index in [1.807, 2.05) is 0 Å². The van der Waals surface area contributed by atoms with Crippen molar-refractivity contribution in [3.63, 3.8) is 0 Å². The Hall–Kier alpha value is -1.10. The normalized spacial score (nSPS) is 18.6. The Labute approximate surface area is 76.1 Å². The second kappa shape index (κ2) is 3.33. The molecule has 1 unspecified atom stereocenters. The van der Waals surface area contributed by atoms with Gasteiger partial charge in [-0.15, -0.1) is 0 Å². The number of hydrogen-bond acceptors (Lipinski definition) is 5. The summed E-state index contributed by atoms with van der Waals surface area (Å²) in [5.74, 6) is 1.07. The minimum Gasteiger partial charge on any atom is -0.391 e. The number of hydrogen-bond donors (Lipinski definition) is 2. The van der Waals surface area contributed by atoms with Gasteiger partial charge in [-0.1, -0.05) is 5.16 Å². The lowest BCUT2D eigenvalue weighted by molar-refractivity contribution is 0.163. The molecule has 1 aliphatic rings. The predicted octanol–water partition coefficient (Wildman–Crippen LogP) is 0.561. The van der Waals surface area contributed by atoms with E-state index in [1.165, 1.54) is 0 Å². The Balaban J connectivity index is 1.78. The molecule has 0 spiro atoms. The molecule has 1 saturated carbocycles. The monoisotopic (exact) mass is 183 g/mol. The van der Waals surface area contributed by atoms with Crippen molar-refractivity contribution in [3.05, 3.63) is 5.82 Å². The summed E-state index contributed by atoms with van der Waals surface area (Å²) >= 11 is 0. The minimum absolute atomic E-state index is 0.285. The summed E-state index contributed by atoms with van der Waals surface area (Å²) in [6.45, 7) is 2.25. The van der Waals surface area contributed by atoms with Crippen LogP contribution in [0.15, 0.2) is 4.52 Å². The van der Waals surface area contributed by atoms with Crippen molar-refractivity contribution in [2.75, 3.05) is 11.9 Å². The molecular weight excluding hydrogens is 170 g/mol. The molecule has 0 bridgehead atoms. The van der Waals surface area contributed by atoms with Gasteiger partial charge in [0.2, 0.25) is 0 Å². The van der Waals surface area contributed by atoms with E-state index in [1.54, 1.807) is 6.92 Å². The highest BCUT2D eigenvalue weighted by Crippen LogP contribution is 2.32. The van der Waals surface area contributed by atoms with Crippen LogP contribution in [0.3, 0.4) is 0 Å². The summed E-state index contributed by atoms with van der Waals surface area (Å²) in [5, 5.41) is 16.0. The topological polar surface area (TPSA) is 71.2 Å². The minimum atomic E-state index is -0.285. The number of aliphatic hydroxyl groups excluding tert-OH is 1. The van der Waals surface area contributed by atoms with Gasteiger partial charge in [-0.3, -0.25) is 0 Å². The molecule has 0 amide bonds. The van der Waals surface area contributed by atoms with E-state index in [9.17, 15) is 5.11 Å². The molecule has 2 N–H and O–H groups in total. The van der Waals surface area contributed by atoms with Crippen molar-refractivity contribution in [3.8, 4) is 0 Å². The molecule has 0 radical (unpaired) electrons. The van der Waals surface area contributed by atoms with Crippen molar-refractivity contribution in [2.24, 2.45) is 5.92 Å². The largest absolute Gasteiger partial charge is 0.391 e. The second-order valence-corrected chi connectivity index (χ2v) is 3.43. The third-order valence-corrected chi connectivity index (χ3v) is 2.16. The zero-order valence-electron chi connectivity index (χ0n) is 7.53. The first-order chi connectivity index (χ1) is 6.25. The van der Waals surface area contributed by atoms with Crippen LogP contribution in [-0.2, 0) is 0 Å². The Bertz CT molecular complexity index is 283. The van der Waals surface area contributed by atoms with Gasteiger partial charge in [-0.05, 0) is 25.7 Å². The maximum Gasteiger partial charge on any atom is 0.321 e. The lowest BCUT2D eigenvalue weighted by atomic mass is 10.2. The van der Waals surface area contributed by atoms with Gasteiger partial charge < -0.3 is 14.9 Å². The standard InChI is InChI=1S/C8H13N3O2/c1-5-10-8(13-11-5)9-4-7(12)6-2-3-6/h6-7,12H,2-4H2,1H3,(H,9,10,11). The molecule has 1 aliphatic carbocycles. The Kier molecular flexibility index (Phi) is 2.18. The quantitative estimate of drug-likeness (QED) is 0.713. The molecule has 0 aromatic carbocycles. The molecule has 1 heterocycles. The third-order valence-electron chi connectivity index (χ3n) is 2.16. The van der Waals surface area contributed by atoms with E-state index >= 15 is 0 Å². The first kappa shape index (κ1) is 8.50. The number of nitrogens with one attached hydrogen (secondary N) is 1. The van der Waals surface area contributed by atoms with Gasteiger partial charge in [0.1, 0.15) is 0 Å². The van der Waals surface area contributed by atoms with Crippen molar-refractivity contribution < 1.29 is 9.63 Å². The Morgan fingerprint density at radius 1 is 1.69 bits per heavy atom. The van der Waals surface area contributed by atoms with Crippen LogP contribution in [0.25, 0.3) is 0 Å². The number of aromatic nitrogens is 2. The summed E-state index contributed by atoms with van der Waals surface area (Å²) < 4.78 is 4.83. The number of anilines is 1. The summed E-state index contributed by atoms with van der Waals surface area (Å²) in [7, 11) is 0. The first-order valence-corrected chi connectivity index (χ1v) is 4.48. The van der Waals surface area contributed by atoms with E-state index < -0.39 is 0 Å². The zero-order valence-corrected chi connectivity index (χ0v) is 7.53. The van der Waals surface area contributed by atoms with Gasteiger partial charge in [0, 0.05) is 6.54 Å². The second-order valence-electron chi connectivity index (χ2n) is 3.43. The third kappa shape index (κ3) is 2.18. The lowest BCUT2D eigenvalue weighted by Crippen LogP contribution is -2.21. The zero-order chi connectivity index (χ0) is 9.26. The smallest absolute Gasteiger partial charge is 0.321 e. The SMILES string of the molecule is Cc1noc(NCC(O)C2CC2)n1. The molecule has 72 valence electrons. The molecule has 13 heavy (non-hydrogen) atoms. The van der Waals surface area contributed by atoms with Crippen LogP contribution >= 0.6 is 0 Å². The van der Waals surface area contributed by atoms with Crippen molar-refractivity contribution >= 4 is 6.01 Å². The highest BCUT2D eigenvalue weighted by molar-refractivity contribution is 5.18. The fourth-order valence-corrected chi connectivity index (χ4v) is 1.21. The van der Waals surface area contributed by atoms with Crippen molar-refractivity contribution in [1.82, 2.24) is 10.1 Å². The van der Waals surface area contributed by atoms with E-state index in [0.717, 1.165) is 12.8 Å². The van der Waals surface area contributed by atoms with E-state index in [-0.39, 0.29) is 6.10 Å². The molecule has 1 atom stereocenters. The maximum absolute atomic E-state index is 9.50. The first-order valence-electron chi connectivity index (χ1n) is 4.48. The predicted molar refractivity (Wildman–Crippen MR) is 46.3 cm³/mol. The van der Waals surface area contributed by atoms with Gasteiger partial charge in [0.05, 0.1) is 6.10 Å². The van der Waals surface area contributed by atoms with Crippen LogP contribution < -0.4 is 5.32 Å². The van der Waals surface area contributed by atoms with Gasteiger partial charge in [-0.25, -0.2) is 0 Å². The Morgan fingerprint density at radius 2 is 2.46 bits per heavy atom. The van der Waals surface area contributed by atoms with Crippen LogP contribution in [0.4, 0.5) is 6.01 Å². The molecule has 0 saturated heterocycles. The number of nitrogens with zero attached hydrogens (tertiary/aromatic N) is 2. The van der Waals surface area contributed by atoms with Crippen LogP contribution in [0.1, 0.15) is 18.7 Å². The van der Waals surface area contributed by atoms with Crippen molar-refractivity contribution in [2.45, 2.75) is 25.9 Å². The highest BCUT2D eigenvalue weighted by Gasteiger charge is 2.29. The summed E-state index contributed by atoms with van der Waals surface area (Å²) in [4.78, 5) is 3.96. The molecule has 5 nitrogen and oxygen atoms in total. The average Bonchev–Trinajstić information content (AvgIpc) is 2.87.